The third-order valence-corrected chi connectivity index (χ3v) is 4.28. The van der Waals surface area contributed by atoms with Gasteiger partial charge in [-0.15, -0.1) is 0 Å². The highest BCUT2D eigenvalue weighted by Crippen LogP contribution is 2.32. The van der Waals surface area contributed by atoms with Gasteiger partial charge in [-0.1, -0.05) is 30.3 Å². The maximum Gasteiger partial charge on any atom is 0.323 e. The van der Waals surface area contributed by atoms with Crippen molar-refractivity contribution < 1.29 is 9.90 Å². The predicted octanol–water partition coefficient (Wildman–Crippen LogP) is 4.03. The Kier molecular flexibility index (Phi) is 4.47. The highest BCUT2D eigenvalue weighted by atomic mass is 127. The normalized spacial score (nSPS) is 10.7. The van der Waals surface area contributed by atoms with Crippen molar-refractivity contribution in [2.75, 3.05) is 18.5 Å². The van der Waals surface area contributed by atoms with E-state index in [4.69, 9.17) is 5.11 Å². The number of aromatic nitrogens is 1. The molecule has 0 atom stereocenters. The van der Waals surface area contributed by atoms with E-state index in [1.165, 1.54) is 0 Å². The molecule has 0 bridgehead atoms. The van der Waals surface area contributed by atoms with Crippen molar-refractivity contribution in [2.45, 2.75) is 0 Å². The quantitative estimate of drug-likeness (QED) is 0.651. The van der Waals surface area contributed by atoms with Gasteiger partial charge in [0.25, 0.3) is 0 Å². The van der Waals surface area contributed by atoms with Crippen molar-refractivity contribution in [2.24, 2.45) is 0 Å². The zero-order valence-electron chi connectivity index (χ0n) is 12.5. The molecule has 1 N–H and O–H groups in total. The van der Waals surface area contributed by atoms with Gasteiger partial charge in [0.05, 0.1) is 5.52 Å². The van der Waals surface area contributed by atoms with E-state index >= 15 is 0 Å². The largest absolute Gasteiger partial charge is 0.480 e. The van der Waals surface area contributed by atoms with E-state index in [2.05, 4.69) is 45.8 Å². The number of fused-ring (bicyclic) bond motifs is 1. The number of hydrogen-bond donors (Lipinski definition) is 1. The lowest BCUT2D eigenvalue weighted by atomic mass is 10.0. The molecule has 0 radical (unpaired) electrons. The molecule has 3 rings (SSSR count). The van der Waals surface area contributed by atoms with Gasteiger partial charge in [0.2, 0.25) is 0 Å². The Morgan fingerprint density at radius 1 is 1.17 bits per heavy atom. The van der Waals surface area contributed by atoms with Gasteiger partial charge in [-0.05, 0) is 58.0 Å². The minimum atomic E-state index is -0.877. The lowest BCUT2D eigenvalue weighted by Gasteiger charge is -2.18. The first kappa shape index (κ1) is 15.7. The molecule has 23 heavy (non-hydrogen) atoms. The van der Waals surface area contributed by atoms with Gasteiger partial charge in [-0.2, -0.15) is 0 Å². The minimum Gasteiger partial charge on any atom is -0.480 e. The number of anilines is 1. The molecule has 0 amide bonds. The molecule has 0 spiro atoms. The summed E-state index contributed by atoms with van der Waals surface area (Å²) in [7, 11) is 1.74. The lowest BCUT2D eigenvalue weighted by molar-refractivity contribution is -0.135. The molecule has 1 heterocycles. The summed E-state index contributed by atoms with van der Waals surface area (Å²) in [6.07, 6.45) is 0. The molecule has 0 aliphatic rings. The fourth-order valence-corrected chi connectivity index (χ4v) is 3.01. The maximum atomic E-state index is 11.0. The fourth-order valence-electron chi connectivity index (χ4n) is 2.52. The summed E-state index contributed by atoms with van der Waals surface area (Å²) in [5, 5.41) is 10.1. The number of nitrogens with zero attached hydrogens (tertiary/aromatic N) is 2. The third-order valence-electron chi connectivity index (χ3n) is 3.61. The Morgan fingerprint density at radius 2 is 1.91 bits per heavy atom. The first-order valence-corrected chi connectivity index (χ1v) is 8.21. The van der Waals surface area contributed by atoms with Crippen molar-refractivity contribution in [3.05, 3.63) is 58.2 Å². The summed E-state index contributed by atoms with van der Waals surface area (Å²) in [5.41, 5.74) is 3.01. The molecule has 116 valence electrons. The highest BCUT2D eigenvalue weighted by molar-refractivity contribution is 14.1. The van der Waals surface area contributed by atoms with Crippen LogP contribution in [0.15, 0.2) is 54.6 Å². The van der Waals surface area contributed by atoms with Gasteiger partial charge >= 0.3 is 5.97 Å². The number of carboxylic acids is 1. The molecule has 1 aromatic heterocycles. The molecular formula is C18H15IN2O2. The van der Waals surface area contributed by atoms with Crippen molar-refractivity contribution >= 4 is 45.3 Å². The van der Waals surface area contributed by atoms with E-state index in [9.17, 15) is 4.79 Å². The van der Waals surface area contributed by atoms with Gasteiger partial charge in [-0.3, -0.25) is 4.79 Å². The Hall–Kier alpha value is -2.15. The van der Waals surface area contributed by atoms with Crippen LogP contribution in [0.4, 0.5) is 5.82 Å². The van der Waals surface area contributed by atoms with Crippen molar-refractivity contribution in [3.63, 3.8) is 0 Å². The number of pyridine rings is 1. The summed E-state index contributed by atoms with van der Waals surface area (Å²) < 4.78 is 1.14. The van der Waals surface area contributed by atoms with Crippen LogP contribution in [0.3, 0.4) is 0 Å². The molecule has 0 aliphatic carbocycles. The van der Waals surface area contributed by atoms with E-state index in [1.807, 2.05) is 36.4 Å². The number of carbonyl (C=O) groups is 1. The van der Waals surface area contributed by atoms with E-state index in [0.29, 0.717) is 5.82 Å². The smallest absolute Gasteiger partial charge is 0.323 e. The summed E-state index contributed by atoms with van der Waals surface area (Å²) >= 11 is 2.29. The second-order valence-electron chi connectivity index (χ2n) is 5.31. The first-order chi connectivity index (χ1) is 11.0. The summed E-state index contributed by atoms with van der Waals surface area (Å²) in [5.74, 6) is -0.224. The van der Waals surface area contributed by atoms with Crippen LogP contribution >= 0.6 is 22.6 Å². The number of rotatable bonds is 4. The number of aliphatic carboxylic acids is 1. The number of hydrogen-bond acceptors (Lipinski definition) is 3. The van der Waals surface area contributed by atoms with E-state index in [1.54, 1.807) is 11.9 Å². The van der Waals surface area contributed by atoms with Crippen LogP contribution in [0.1, 0.15) is 0 Å². The van der Waals surface area contributed by atoms with Gasteiger partial charge in [-0.25, -0.2) is 4.98 Å². The van der Waals surface area contributed by atoms with Gasteiger partial charge in [0.1, 0.15) is 12.4 Å². The van der Waals surface area contributed by atoms with Gasteiger partial charge in [0.15, 0.2) is 0 Å². The van der Waals surface area contributed by atoms with Gasteiger partial charge < -0.3 is 10.0 Å². The number of carboxylic acid groups (broad SMARTS) is 1. The zero-order valence-corrected chi connectivity index (χ0v) is 14.7. The Balaban J connectivity index is 2.22. The average Bonchev–Trinajstić information content (AvgIpc) is 2.54. The van der Waals surface area contributed by atoms with Crippen molar-refractivity contribution in [1.82, 2.24) is 4.98 Å². The van der Waals surface area contributed by atoms with Crippen LogP contribution in [0.25, 0.3) is 22.0 Å². The molecule has 0 fully saturated rings. The molecular weight excluding hydrogens is 403 g/mol. The Labute approximate surface area is 147 Å². The molecule has 3 aromatic rings. The van der Waals surface area contributed by atoms with E-state index in [0.717, 1.165) is 25.6 Å². The fraction of sp³-hybridized carbons (Fsp3) is 0.111. The molecule has 0 aliphatic heterocycles. The minimum absolute atomic E-state index is 0.0862. The Bertz CT molecular complexity index is 866. The third kappa shape index (κ3) is 3.44. The predicted molar refractivity (Wildman–Crippen MR) is 101 cm³/mol. The standard InChI is InChI=1S/C18H15IN2O2/c1-21(11-18(22)23)17-10-14(12-5-3-2-4-6-12)15-9-13(19)7-8-16(15)20-17/h2-10H,11H2,1H3,(H,22,23). The topological polar surface area (TPSA) is 53.4 Å². The van der Waals surface area contributed by atoms with Crippen LogP contribution in [0.5, 0.6) is 0 Å². The molecule has 4 nitrogen and oxygen atoms in total. The highest BCUT2D eigenvalue weighted by Gasteiger charge is 2.13. The molecule has 2 aromatic carbocycles. The van der Waals surface area contributed by atoms with Crippen LogP contribution in [-0.4, -0.2) is 29.7 Å². The summed E-state index contributed by atoms with van der Waals surface area (Å²) in [4.78, 5) is 17.2. The maximum absolute atomic E-state index is 11.0. The van der Waals surface area contributed by atoms with E-state index < -0.39 is 5.97 Å². The summed E-state index contributed by atoms with van der Waals surface area (Å²) in [6.45, 7) is -0.0862. The molecule has 5 heteroatoms. The SMILES string of the molecule is CN(CC(=O)O)c1cc(-c2ccccc2)c2cc(I)ccc2n1. The zero-order chi connectivity index (χ0) is 16.4. The van der Waals surface area contributed by atoms with Gasteiger partial charge in [0, 0.05) is 16.0 Å². The van der Waals surface area contributed by atoms with Crippen LogP contribution < -0.4 is 4.90 Å². The van der Waals surface area contributed by atoms with Crippen molar-refractivity contribution in [3.8, 4) is 11.1 Å². The first-order valence-electron chi connectivity index (χ1n) is 7.13. The molecule has 0 saturated heterocycles. The van der Waals surface area contributed by atoms with E-state index in [-0.39, 0.29) is 6.54 Å². The lowest BCUT2D eigenvalue weighted by Crippen LogP contribution is -2.25. The van der Waals surface area contributed by atoms with Crippen LogP contribution in [-0.2, 0) is 4.79 Å². The molecule has 0 saturated carbocycles. The second kappa shape index (κ2) is 6.54. The average molecular weight is 418 g/mol. The summed E-state index contributed by atoms with van der Waals surface area (Å²) in [6, 6.07) is 18.1. The van der Waals surface area contributed by atoms with Crippen molar-refractivity contribution in [1.29, 1.82) is 0 Å². The number of likely N-dealkylation sites (N-methyl/N-ethyl adjacent to an activating group) is 1. The monoisotopic (exact) mass is 418 g/mol. The van der Waals surface area contributed by atoms with Crippen LogP contribution in [0, 0.1) is 3.57 Å². The second-order valence-corrected chi connectivity index (χ2v) is 6.55. The Morgan fingerprint density at radius 3 is 2.61 bits per heavy atom. The van der Waals surface area contributed by atoms with Crippen LogP contribution in [0.2, 0.25) is 0 Å². The molecule has 0 unspecified atom stereocenters. The number of halogens is 1. The number of benzene rings is 2.